The number of benzene rings is 2. The van der Waals surface area contributed by atoms with Crippen LogP contribution in [0.3, 0.4) is 0 Å². The van der Waals surface area contributed by atoms with Crippen molar-refractivity contribution in [3.8, 4) is 5.75 Å². The van der Waals surface area contributed by atoms with Gasteiger partial charge in [0, 0.05) is 37.8 Å². The van der Waals surface area contributed by atoms with Gasteiger partial charge in [-0.2, -0.15) is 4.31 Å². The van der Waals surface area contributed by atoms with Crippen LogP contribution in [0, 0.1) is 5.41 Å². The maximum atomic E-state index is 13.1. The Labute approximate surface area is 217 Å². The zero-order chi connectivity index (χ0) is 27.4. The summed E-state index contributed by atoms with van der Waals surface area (Å²) in [7, 11) is -7.06. The number of carboxylic acid groups (broad SMARTS) is 1. The van der Waals surface area contributed by atoms with Crippen molar-refractivity contribution in [2.45, 2.75) is 36.5 Å². The van der Waals surface area contributed by atoms with Gasteiger partial charge in [-0.15, -0.1) is 0 Å². The lowest BCUT2D eigenvalue weighted by atomic mass is 9.86. The number of ether oxygens (including phenoxy) is 1. The van der Waals surface area contributed by atoms with Gasteiger partial charge in [0.05, 0.1) is 22.0 Å². The number of aromatic carboxylic acids is 1. The molecule has 2 aromatic carbocycles. The van der Waals surface area contributed by atoms with E-state index < -0.39 is 31.2 Å². The van der Waals surface area contributed by atoms with Crippen molar-refractivity contribution in [2.75, 3.05) is 39.0 Å². The lowest BCUT2D eigenvalue weighted by molar-refractivity contribution is -0.142. The minimum atomic E-state index is -3.79. The molecule has 0 aromatic heterocycles. The maximum Gasteiger partial charge on any atom is 0.335 e. The fourth-order valence-corrected chi connectivity index (χ4v) is 6.12. The van der Waals surface area contributed by atoms with Crippen LogP contribution in [0.25, 0.3) is 0 Å². The molecule has 37 heavy (non-hydrogen) atoms. The van der Waals surface area contributed by atoms with Gasteiger partial charge in [0.25, 0.3) is 0 Å². The molecule has 1 amide bonds. The third kappa shape index (κ3) is 7.08. The van der Waals surface area contributed by atoms with Crippen LogP contribution in [0.2, 0.25) is 0 Å². The first-order chi connectivity index (χ1) is 17.2. The standard InChI is InChI=1S/C25H32N2O8S2/c1-25(2,13-4-18-35-20-7-11-21(12-8-20)36(3,31)32)24(30)26-14-16-27(17-15-26)37(33,34)22-9-5-19(6-10-22)23(28)29/h5-12H,4,13-18H2,1-3H3,(H,28,29). The summed E-state index contributed by atoms with van der Waals surface area (Å²) in [5.41, 5.74) is -0.663. The number of carbonyl (C=O) groups excluding carboxylic acids is 1. The van der Waals surface area contributed by atoms with Gasteiger partial charge in [0.15, 0.2) is 9.84 Å². The molecule has 2 aromatic rings. The molecule has 1 aliphatic heterocycles. The van der Waals surface area contributed by atoms with Gasteiger partial charge in [-0.25, -0.2) is 21.6 Å². The predicted octanol–water partition coefficient (Wildman–Crippen LogP) is 2.51. The van der Waals surface area contributed by atoms with Crippen LogP contribution >= 0.6 is 0 Å². The van der Waals surface area contributed by atoms with E-state index in [1.807, 2.05) is 13.8 Å². The Bertz CT molecular complexity index is 1330. The molecule has 0 saturated carbocycles. The summed E-state index contributed by atoms with van der Waals surface area (Å²) in [5, 5.41) is 9.01. The fraction of sp³-hybridized carbons (Fsp3) is 0.440. The Morgan fingerprint density at radius 3 is 1.95 bits per heavy atom. The van der Waals surface area contributed by atoms with E-state index in [0.717, 1.165) is 6.26 Å². The summed E-state index contributed by atoms with van der Waals surface area (Å²) in [4.78, 5) is 26.1. The van der Waals surface area contributed by atoms with Crippen LogP contribution in [0.5, 0.6) is 5.75 Å². The number of piperazine rings is 1. The summed E-state index contributed by atoms with van der Waals surface area (Å²) < 4.78 is 55.9. The minimum absolute atomic E-state index is 0.00634. The van der Waals surface area contributed by atoms with Crippen molar-refractivity contribution in [3.63, 3.8) is 0 Å². The number of sulfonamides is 1. The number of sulfone groups is 1. The smallest absolute Gasteiger partial charge is 0.335 e. The Kier molecular flexibility index (Phi) is 8.66. The highest BCUT2D eigenvalue weighted by atomic mass is 32.2. The summed E-state index contributed by atoms with van der Waals surface area (Å²) in [5.74, 6) is -0.646. The average Bonchev–Trinajstić information content (AvgIpc) is 2.86. The van der Waals surface area contributed by atoms with Gasteiger partial charge in [0.2, 0.25) is 15.9 Å². The topological polar surface area (TPSA) is 138 Å². The molecule has 1 aliphatic rings. The van der Waals surface area contributed by atoms with E-state index in [1.54, 1.807) is 17.0 Å². The third-order valence-corrected chi connectivity index (χ3v) is 9.35. The van der Waals surface area contributed by atoms with Crippen LogP contribution in [0.4, 0.5) is 0 Å². The van der Waals surface area contributed by atoms with Crippen LogP contribution < -0.4 is 4.74 Å². The van der Waals surface area contributed by atoms with E-state index in [-0.39, 0.29) is 47.4 Å². The average molecular weight is 553 g/mol. The monoisotopic (exact) mass is 552 g/mol. The zero-order valence-electron chi connectivity index (χ0n) is 21.1. The normalized spacial score (nSPS) is 15.4. The molecule has 10 nitrogen and oxygen atoms in total. The Hall–Kier alpha value is -2.96. The van der Waals surface area contributed by atoms with Crippen LogP contribution in [-0.4, -0.2) is 82.1 Å². The molecule has 1 heterocycles. The van der Waals surface area contributed by atoms with Crippen molar-refractivity contribution < 1.29 is 36.3 Å². The van der Waals surface area contributed by atoms with Crippen molar-refractivity contribution in [2.24, 2.45) is 5.41 Å². The van der Waals surface area contributed by atoms with E-state index in [4.69, 9.17) is 9.84 Å². The molecule has 0 radical (unpaired) electrons. The largest absolute Gasteiger partial charge is 0.494 e. The zero-order valence-corrected chi connectivity index (χ0v) is 22.7. The lowest BCUT2D eigenvalue weighted by Gasteiger charge is -2.38. The second kappa shape index (κ2) is 11.2. The number of nitrogens with zero attached hydrogens (tertiary/aromatic N) is 2. The Morgan fingerprint density at radius 1 is 0.892 bits per heavy atom. The molecule has 0 atom stereocenters. The molecular weight excluding hydrogens is 520 g/mol. The molecule has 0 spiro atoms. The van der Waals surface area contributed by atoms with Crippen molar-refractivity contribution in [1.29, 1.82) is 0 Å². The molecular formula is C25H32N2O8S2. The number of carboxylic acids is 1. The van der Waals surface area contributed by atoms with E-state index in [2.05, 4.69) is 0 Å². The van der Waals surface area contributed by atoms with Crippen molar-refractivity contribution in [3.05, 3.63) is 54.1 Å². The van der Waals surface area contributed by atoms with Crippen LogP contribution in [0.15, 0.2) is 58.3 Å². The highest BCUT2D eigenvalue weighted by Crippen LogP contribution is 2.27. The molecule has 0 aliphatic carbocycles. The maximum absolute atomic E-state index is 13.1. The molecule has 1 fully saturated rings. The summed E-state index contributed by atoms with van der Waals surface area (Å²) >= 11 is 0. The van der Waals surface area contributed by atoms with Gasteiger partial charge < -0.3 is 14.7 Å². The van der Waals surface area contributed by atoms with E-state index in [9.17, 15) is 26.4 Å². The van der Waals surface area contributed by atoms with Crippen LogP contribution in [0.1, 0.15) is 37.0 Å². The SMILES string of the molecule is CC(C)(CCCOc1ccc(S(C)(=O)=O)cc1)C(=O)N1CCN(S(=O)(=O)c2ccc(C(=O)O)cc2)CC1. The van der Waals surface area contributed by atoms with Gasteiger partial charge in [-0.1, -0.05) is 13.8 Å². The Morgan fingerprint density at radius 2 is 1.43 bits per heavy atom. The first kappa shape index (κ1) is 28.6. The number of carbonyl (C=O) groups is 2. The van der Waals surface area contributed by atoms with Crippen molar-refractivity contribution in [1.82, 2.24) is 9.21 Å². The number of amides is 1. The molecule has 1 N–H and O–H groups in total. The first-order valence-corrected chi connectivity index (χ1v) is 15.1. The van der Waals surface area contributed by atoms with E-state index >= 15 is 0 Å². The molecule has 1 saturated heterocycles. The first-order valence-electron chi connectivity index (χ1n) is 11.8. The second-order valence-corrected chi connectivity index (χ2v) is 13.6. The van der Waals surface area contributed by atoms with Gasteiger partial charge >= 0.3 is 5.97 Å². The third-order valence-electron chi connectivity index (χ3n) is 6.31. The molecule has 12 heteroatoms. The molecule has 3 rings (SSSR count). The van der Waals surface area contributed by atoms with Gasteiger partial charge in [-0.3, -0.25) is 4.79 Å². The number of hydrogen-bond donors (Lipinski definition) is 1. The van der Waals surface area contributed by atoms with Gasteiger partial charge in [0.1, 0.15) is 5.75 Å². The van der Waals surface area contributed by atoms with Crippen molar-refractivity contribution >= 4 is 31.7 Å². The molecule has 0 bridgehead atoms. The predicted molar refractivity (Wildman–Crippen MR) is 137 cm³/mol. The fourth-order valence-electron chi connectivity index (χ4n) is 4.07. The lowest BCUT2D eigenvalue weighted by Crippen LogP contribution is -2.53. The summed E-state index contributed by atoms with van der Waals surface area (Å²) in [6.07, 6.45) is 2.30. The highest BCUT2D eigenvalue weighted by molar-refractivity contribution is 7.90. The van der Waals surface area contributed by atoms with Gasteiger partial charge in [-0.05, 0) is 61.4 Å². The minimum Gasteiger partial charge on any atom is -0.494 e. The highest BCUT2D eigenvalue weighted by Gasteiger charge is 2.36. The Balaban J connectivity index is 1.49. The number of hydrogen-bond acceptors (Lipinski definition) is 7. The number of rotatable bonds is 10. The second-order valence-electron chi connectivity index (χ2n) is 9.61. The van der Waals surface area contributed by atoms with E-state index in [1.165, 1.54) is 40.7 Å². The van der Waals surface area contributed by atoms with Crippen LogP contribution in [-0.2, 0) is 24.7 Å². The molecule has 0 unspecified atom stereocenters. The summed E-state index contributed by atoms with van der Waals surface area (Å²) in [6, 6.07) is 11.2. The van der Waals surface area contributed by atoms with E-state index in [0.29, 0.717) is 25.2 Å². The summed E-state index contributed by atoms with van der Waals surface area (Å²) in [6.45, 7) is 4.89. The molecule has 202 valence electrons. The quantitative estimate of drug-likeness (QED) is 0.444.